The van der Waals surface area contributed by atoms with E-state index in [0.717, 1.165) is 16.9 Å². The molecule has 1 aliphatic rings. The zero-order valence-electron chi connectivity index (χ0n) is 10.8. The highest BCUT2D eigenvalue weighted by Crippen LogP contribution is 2.33. The van der Waals surface area contributed by atoms with Gasteiger partial charge in [-0.3, -0.25) is 0 Å². The predicted molar refractivity (Wildman–Crippen MR) is 75.1 cm³/mol. The van der Waals surface area contributed by atoms with E-state index < -0.39 is 8.07 Å². The maximum absolute atomic E-state index is 14.1. The molecular weight excluding hydrogens is 243 g/mol. The first-order valence-corrected chi connectivity index (χ1v) is 9.04. The zero-order valence-corrected chi connectivity index (χ0v) is 11.8. The highest BCUT2D eigenvalue weighted by atomic mass is 28.3. The molecule has 1 nitrogen and oxygen atoms in total. The van der Waals surface area contributed by atoms with Gasteiger partial charge in [0, 0.05) is 5.56 Å². The van der Waals surface area contributed by atoms with E-state index in [1.54, 1.807) is 13.2 Å². The van der Waals surface area contributed by atoms with Crippen LogP contribution in [0, 0.1) is 5.82 Å². The predicted octanol–water partition coefficient (Wildman–Crippen LogP) is 2.64. The lowest BCUT2D eigenvalue weighted by Gasteiger charge is -2.20. The molecule has 0 spiro atoms. The smallest absolute Gasteiger partial charge is 0.130 e. The number of hydrogen-bond donors (Lipinski definition) is 0. The molecule has 0 fully saturated rings. The van der Waals surface area contributed by atoms with Gasteiger partial charge in [0.25, 0.3) is 0 Å². The van der Waals surface area contributed by atoms with Crippen LogP contribution in [0.5, 0.6) is 5.75 Å². The van der Waals surface area contributed by atoms with E-state index in [2.05, 4.69) is 19.2 Å². The molecule has 1 aliphatic heterocycles. The molecule has 0 atom stereocenters. The first-order valence-electron chi connectivity index (χ1n) is 6.04. The molecule has 0 N–H and O–H groups in total. The molecule has 0 aromatic heterocycles. The van der Waals surface area contributed by atoms with E-state index in [1.165, 1.54) is 16.4 Å². The molecule has 0 bridgehead atoms. The molecule has 0 radical (unpaired) electrons. The summed E-state index contributed by atoms with van der Waals surface area (Å²) in [6.07, 6.45) is 0. The number of rotatable bonds is 1. The first kappa shape index (κ1) is 11.5. The Balaban J connectivity index is 2.43. The van der Waals surface area contributed by atoms with Gasteiger partial charge in [-0.15, -0.1) is 0 Å². The number of methoxy groups -OCH3 is 1. The van der Waals surface area contributed by atoms with Gasteiger partial charge in [-0.25, -0.2) is 4.39 Å². The summed E-state index contributed by atoms with van der Waals surface area (Å²) in [6.45, 7) is 4.50. The molecule has 0 saturated carbocycles. The van der Waals surface area contributed by atoms with Crippen molar-refractivity contribution in [3.8, 4) is 16.9 Å². The minimum Gasteiger partial charge on any atom is -0.497 e. The van der Waals surface area contributed by atoms with Crippen LogP contribution in [0.4, 0.5) is 4.39 Å². The first-order chi connectivity index (χ1) is 8.57. The third kappa shape index (κ3) is 1.31. The van der Waals surface area contributed by atoms with Crippen LogP contribution < -0.4 is 15.1 Å². The maximum atomic E-state index is 14.1. The van der Waals surface area contributed by atoms with Gasteiger partial charge in [0.2, 0.25) is 0 Å². The molecule has 0 saturated heterocycles. The lowest BCUT2D eigenvalue weighted by molar-refractivity contribution is 0.418. The summed E-state index contributed by atoms with van der Waals surface area (Å²) in [6, 6.07) is 11.3. The monoisotopic (exact) mass is 258 g/mol. The van der Waals surface area contributed by atoms with Crippen LogP contribution in [0.1, 0.15) is 0 Å². The van der Waals surface area contributed by atoms with Gasteiger partial charge in [-0.1, -0.05) is 37.4 Å². The Morgan fingerprint density at radius 3 is 2.50 bits per heavy atom. The number of hydrogen-bond acceptors (Lipinski definition) is 1. The minimum atomic E-state index is -1.84. The van der Waals surface area contributed by atoms with E-state index in [9.17, 15) is 4.39 Å². The van der Waals surface area contributed by atoms with Crippen molar-refractivity contribution < 1.29 is 9.13 Å². The maximum Gasteiger partial charge on any atom is 0.130 e. The Hall–Kier alpha value is -1.61. The van der Waals surface area contributed by atoms with Crippen molar-refractivity contribution in [2.24, 2.45) is 0 Å². The van der Waals surface area contributed by atoms with Gasteiger partial charge in [-0.2, -0.15) is 0 Å². The van der Waals surface area contributed by atoms with Crippen molar-refractivity contribution in [2.75, 3.05) is 7.11 Å². The summed E-state index contributed by atoms with van der Waals surface area (Å²) >= 11 is 0. The van der Waals surface area contributed by atoms with Gasteiger partial charge >= 0.3 is 0 Å². The summed E-state index contributed by atoms with van der Waals surface area (Å²) in [5.41, 5.74) is 1.79. The van der Waals surface area contributed by atoms with Crippen LogP contribution in [0.25, 0.3) is 11.1 Å². The van der Waals surface area contributed by atoms with Crippen molar-refractivity contribution in [1.82, 2.24) is 0 Å². The molecule has 92 valence electrons. The third-order valence-corrected chi connectivity index (χ3v) is 7.36. The van der Waals surface area contributed by atoms with Crippen molar-refractivity contribution >= 4 is 18.4 Å². The Kier molecular flexibility index (Phi) is 2.35. The number of ether oxygens (including phenoxy) is 1. The molecule has 2 aromatic rings. The van der Waals surface area contributed by atoms with Gasteiger partial charge < -0.3 is 4.74 Å². The number of fused-ring (bicyclic) bond motifs is 3. The second-order valence-corrected chi connectivity index (χ2v) is 9.46. The van der Waals surface area contributed by atoms with Crippen LogP contribution in [0.2, 0.25) is 13.1 Å². The highest BCUT2D eigenvalue weighted by Gasteiger charge is 2.41. The van der Waals surface area contributed by atoms with Crippen LogP contribution in [0.15, 0.2) is 36.4 Å². The Morgan fingerprint density at radius 1 is 1.06 bits per heavy atom. The summed E-state index contributed by atoms with van der Waals surface area (Å²) < 4.78 is 19.6. The topological polar surface area (TPSA) is 9.23 Å². The molecule has 2 aromatic carbocycles. The van der Waals surface area contributed by atoms with Gasteiger partial charge in [0.15, 0.2) is 0 Å². The average molecular weight is 258 g/mol. The normalized spacial score (nSPS) is 15.1. The van der Waals surface area contributed by atoms with Crippen molar-refractivity contribution in [2.45, 2.75) is 13.1 Å². The molecule has 3 rings (SSSR count). The fourth-order valence-corrected chi connectivity index (χ4v) is 6.35. The van der Waals surface area contributed by atoms with Crippen molar-refractivity contribution in [3.05, 3.63) is 42.2 Å². The molecule has 1 heterocycles. The van der Waals surface area contributed by atoms with E-state index in [0.29, 0.717) is 0 Å². The molecule has 0 amide bonds. The van der Waals surface area contributed by atoms with Crippen molar-refractivity contribution in [1.29, 1.82) is 0 Å². The number of halogens is 1. The SMILES string of the molecule is COc1cccc2c1[Si](C)(C)c1cccc(F)c1-2. The standard InChI is InChI=1S/C15H15FOSi/c1-17-12-8-4-6-10-14-11(16)7-5-9-13(14)18(2,3)15(10)12/h4-9H,1-3H3. The second-order valence-electron chi connectivity index (χ2n) is 5.17. The lowest BCUT2D eigenvalue weighted by atomic mass is 10.1. The van der Waals surface area contributed by atoms with Crippen LogP contribution in [-0.4, -0.2) is 15.2 Å². The average Bonchev–Trinajstić information content (AvgIpc) is 2.60. The third-order valence-electron chi connectivity index (χ3n) is 3.83. The fourth-order valence-electron chi connectivity index (χ4n) is 3.01. The Labute approximate surface area is 107 Å². The van der Waals surface area contributed by atoms with E-state index >= 15 is 0 Å². The van der Waals surface area contributed by atoms with E-state index in [4.69, 9.17) is 4.74 Å². The van der Waals surface area contributed by atoms with Gasteiger partial charge in [0.05, 0.1) is 7.11 Å². The summed E-state index contributed by atoms with van der Waals surface area (Å²) in [5, 5.41) is 2.38. The minimum absolute atomic E-state index is 0.125. The quantitative estimate of drug-likeness (QED) is 0.715. The fraction of sp³-hybridized carbons (Fsp3) is 0.200. The zero-order chi connectivity index (χ0) is 12.9. The van der Waals surface area contributed by atoms with Crippen LogP contribution >= 0.6 is 0 Å². The highest BCUT2D eigenvalue weighted by molar-refractivity contribution is 7.04. The molecule has 3 heteroatoms. The van der Waals surface area contributed by atoms with Gasteiger partial charge in [0.1, 0.15) is 19.6 Å². The summed E-state index contributed by atoms with van der Waals surface area (Å²) in [4.78, 5) is 0. The van der Waals surface area contributed by atoms with Crippen LogP contribution in [0.3, 0.4) is 0 Å². The Morgan fingerprint density at radius 2 is 1.78 bits per heavy atom. The molecule has 0 unspecified atom stereocenters. The number of benzene rings is 2. The summed E-state index contributed by atoms with van der Waals surface area (Å²) in [7, 11) is -0.163. The lowest BCUT2D eigenvalue weighted by Crippen LogP contribution is -2.49. The second kappa shape index (κ2) is 3.69. The van der Waals surface area contributed by atoms with Gasteiger partial charge in [-0.05, 0) is 28.1 Å². The molecule has 0 aliphatic carbocycles. The Bertz CT molecular complexity index is 634. The largest absolute Gasteiger partial charge is 0.497 e. The van der Waals surface area contributed by atoms with E-state index in [-0.39, 0.29) is 5.82 Å². The summed E-state index contributed by atoms with van der Waals surface area (Å²) in [5.74, 6) is 0.764. The van der Waals surface area contributed by atoms with Crippen molar-refractivity contribution in [3.63, 3.8) is 0 Å². The van der Waals surface area contributed by atoms with E-state index in [1.807, 2.05) is 18.2 Å². The molecule has 18 heavy (non-hydrogen) atoms. The molecular formula is C15H15FOSi. The van der Waals surface area contributed by atoms with Crippen LogP contribution in [-0.2, 0) is 0 Å².